The van der Waals surface area contributed by atoms with Crippen LogP contribution in [0, 0.1) is 0 Å². The Labute approximate surface area is 124 Å². The van der Waals surface area contributed by atoms with Crippen LogP contribution in [0.5, 0.6) is 5.75 Å². The molecule has 112 valence electrons. The van der Waals surface area contributed by atoms with Gasteiger partial charge in [-0.25, -0.2) is 0 Å². The molecule has 1 aromatic carbocycles. The maximum atomic E-state index is 9.44. The SMILES string of the molecule is Oc1ccc(C2CCCCCCCCCCCC2)cc1. The predicted molar refractivity (Wildman–Crippen MR) is 86.3 cm³/mol. The number of aromatic hydroxyl groups is 1. The Hall–Kier alpha value is -0.980. The zero-order valence-electron chi connectivity index (χ0n) is 12.8. The van der Waals surface area contributed by atoms with Crippen molar-refractivity contribution in [2.75, 3.05) is 0 Å². The molecule has 0 heterocycles. The minimum Gasteiger partial charge on any atom is -0.508 e. The highest BCUT2D eigenvalue weighted by molar-refractivity contribution is 5.28. The monoisotopic (exact) mass is 274 g/mol. The molecule has 1 aliphatic carbocycles. The molecule has 1 heteroatoms. The number of phenols is 1. The maximum Gasteiger partial charge on any atom is 0.115 e. The van der Waals surface area contributed by atoms with Crippen molar-refractivity contribution in [2.24, 2.45) is 0 Å². The van der Waals surface area contributed by atoms with Gasteiger partial charge in [-0.05, 0) is 36.5 Å². The lowest BCUT2D eigenvalue weighted by molar-refractivity contribution is 0.472. The highest BCUT2D eigenvalue weighted by Crippen LogP contribution is 2.30. The highest BCUT2D eigenvalue weighted by atomic mass is 16.3. The third-order valence-electron chi connectivity index (χ3n) is 4.72. The first-order chi connectivity index (χ1) is 9.86. The lowest BCUT2D eigenvalue weighted by atomic mass is 9.88. The molecule has 0 aliphatic heterocycles. The van der Waals surface area contributed by atoms with Crippen molar-refractivity contribution in [1.82, 2.24) is 0 Å². The van der Waals surface area contributed by atoms with Gasteiger partial charge in [0.1, 0.15) is 5.75 Å². The molecule has 0 aromatic heterocycles. The number of phenolic OH excluding ortho intramolecular Hbond substituents is 1. The molecule has 1 N–H and O–H groups in total. The van der Waals surface area contributed by atoms with Gasteiger partial charge in [0, 0.05) is 0 Å². The van der Waals surface area contributed by atoms with Crippen molar-refractivity contribution in [1.29, 1.82) is 0 Å². The van der Waals surface area contributed by atoms with E-state index in [1.54, 1.807) is 0 Å². The number of hydrogen-bond donors (Lipinski definition) is 1. The first kappa shape index (κ1) is 15.4. The van der Waals surface area contributed by atoms with E-state index in [4.69, 9.17) is 0 Å². The normalized spacial score (nSPS) is 20.6. The summed E-state index contributed by atoms with van der Waals surface area (Å²) in [7, 11) is 0. The van der Waals surface area contributed by atoms with Crippen molar-refractivity contribution in [3.05, 3.63) is 29.8 Å². The highest BCUT2D eigenvalue weighted by Gasteiger charge is 2.11. The summed E-state index contributed by atoms with van der Waals surface area (Å²) >= 11 is 0. The number of benzene rings is 1. The molecule has 1 aliphatic rings. The summed E-state index contributed by atoms with van der Waals surface area (Å²) in [6, 6.07) is 7.93. The topological polar surface area (TPSA) is 20.2 Å². The van der Waals surface area contributed by atoms with E-state index >= 15 is 0 Å². The van der Waals surface area contributed by atoms with Crippen LogP contribution >= 0.6 is 0 Å². The van der Waals surface area contributed by atoms with E-state index in [2.05, 4.69) is 12.1 Å². The average molecular weight is 274 g/mol. The molecule has 1 aromatic rings. The van der Waals surface area contributed by atoms with Crippen LogP contribution in [0.15, 0.2) is 24.3 Å². The first-order valence-corrected chi connectivity index (χ1v) is 8.65. The molecule has 0 saturated heterocycles. The average Bonchev–Trinajstić information content (AvgIpc) is 2.49. The fourth-order valence-electron chi connectivity index (χ4n) is 3.42. The first-order valence-electron chi connectivity index (χ1n) is 8.65. The van der Waals surface area contributed by atoms with Crippen LogP contribution in [0.4, 0.5) is 0 Å². The summed E-state index contributed by atoms with van der Waals surface area (Å²) in [5.41, 5.74) is 1.43. The fraction of sp³-hybridized carbons (Fsp3) is 0.684. The molecule has 20 heavy (non-hydrogen) atoms. The number of rotatable bonds is 1. The second-order valence-electron chi connectivity index (χ2n) is 6.40. The van der Waals surface area contributed by atoms with Gasteiger partial charge in [0.05, 0.1) is 0 Å². The Balaban J connectivity index is 1.90. The number of hydrogen-bond acceptors (Lipinski definition) is 1. The standard InChI is InChI=1S/C19H30O/c20-19-15-13-18(14-16-19)17-11-9-7-5-3-1-2-4-6-8-10-12-17/h13-17,20H,1-12H2. The van der Waals surface area contributed by atoms with Gasteiger partial charge in [-0.1, -0.05) is 76.3 Å². The molecule has 0 spiro atoms. The Morgan fingerprint density at radius 2 is 1.00 bits per heavy atom. The lowest BCUT2D eigenvalue weighted by Crippen LogP contribution is -1.99. The molecule has 0 amide bonds. The van der Waals surface area contributed by atoms with Gasteiger partial charge < -0.3 is 5.11 Å². The quantitative estimate of drug-likeness (QED) is 0.649. The van der Waals surface area contributed by atoms with E-state index in [9.17, 15) is 5.11 Å². The van der Waals surface area contributed by atoms with Crippen LogP contribution in [-0.2, 0) is 0 Å². The van der Waals surface area contributed by atoms with Crippen LogP contribution in [0.1, 0.15) is 88.5 Å². The molecule has 0 bridgehead atoms. The van der Waals surface area contributed by atoms with E-state index in [0.29, 0.717) is 11.7 Å². The summed E-state index contributed by atoms with van der Waals surface area (Å²) in [6.45, 7) is 0. The van der Waals surface area contributed by atoms with Crippen molar-refractivity contribution in [3.8, 4) is 5.75 Å². The summed E-state index contributed by atoms with van der Waals surface area (Å²) in [4.78, 5) is 0. The van der Waals surface area contributed by atoms with Crippen LogP contribution in [0.3, 0.4) is 0 Å². The van der Waals surface area contributed by atoms with Gasteiger partial charge in [0.15, 0.2) is 0 Å². The van der Waals surface area contributed by atoms with E-state index < -0.39 is 0 Å². The van der Waals surface area contributed by atoms with E-state index in [-0.39, 0.29) is 0 Å². The van der Waals surface area contributed by atoms with Crippen molar-refractivity contribution in [3.63, 3.8) is 0 Å². The zero-order valence-corrected chi connectivity index (χ0v) is 12.8. The fourth-order valence-corrected chi connectivity index (χ4v) is 3.42. The van der Waals surface area contributed by atoms with Crippen LogP contribution < -0.4 is 0 Å². The Morgan fingerprint density at radius 3 is 1.45 bits per heavy atom. The van der Waals surface area contributed by atoms with Crippen molar-refractivity contribution < 1.29 is 5.11 Å². The van der Waals surface area contributed by atoms with Gasteiger partial charge in [0.25, 0.3) is 0 Å². The van der Waals surface area contributed by atoms with E-state index in [1.807, 2.05) is 12.1 Å². The van der Waals surface area contributed by atoms with Gasteiger partial charge in [-0.15, -0.1) is 0 Å². The van der Waals surface area contributed by atoms with E-state index in [0.717, 1.165) is 0 Å². The minimum atomic E-state index is 0.387. The molecule has 1 saturated carbocycles. The molecule has 0 atom stereocenters. The van der Waals surface area contributed by atoms with Gasteiger partial charge in [0.2, 0.25) is 0 Å². The predicted octanol–water partition coefficient (Wildman–Crippen LogP) is 6.17. The maximum absolute atomic E-state index is 9.44. The second-order valence-corrected chi connectivity index (χ2v) is 6.40. The third-order valence-corrected chi connectivity index (χ3v) is 4.72. The van der Waals surface area contributed by atoms with Crippen LogP contribution in [0.2, 0.25) is 0 Å². The summed E-state index contributed by atoms with van der Waals surface area (Å²) in [6.07, 6.45) is 16.8. The van der Waals surface area contributed by atoms with Gasteiger partial charge >= 0.3 is 0 Å². The third kappa shape index (κ3) is 5.56. The summed E-state index contributed by atoms with van der Waals surface area (Å²) in [5, 5.41) is 9.44. The molecule has 0 unspecified atom stereocenters. The summed E-state index contributed by atoms with van der Waals surface area (Å²) in [5.74, 6) is 1.09. The molecule has 0 radical (unpaired) electrons. The van der Waals surface area contributed by atoms with Crippen molar-refractivity contribution >= 4 is 0 Å². The zero-order chi connectivity index (χ0) is 14.0. The molecule has 2 rings (SSSR count). The lowest BCUT2D eigenvalue weighted by Gasteiger charge is -2.17. The molecule has 1 nitrogen and oxygen atoms in total. The Bertz CT molecular complexity index is 341. The minimum absolute atomic E-state index is 0.387. The largest absolute Gasteiger partial charge is 0.508 e. The van der Waals surface area contributed by atoms with Crippen LogP contribution in [0.25, 0.3) is 0 Å². The van der Waals surface area contributed by atoms with Gasteiger partial charge in [-0.2, -0.15) is 0 Å². The molecular formula is C19H30O. The smallest absolute Gasteiger partial charge is 0.115 e. The second kappa shape index (κ2) is 9.05. The van der Waals surface area contributed by atoms with E-state index in [1.165, 1.54) is 82.6 Å². The molecule has 1 fully saturated rings. The molecular weight excluding hydrogens is 244 g/mol. The summed E-state index contributed by atoms with van der Waals surface area (Å²) < 4.78 is 0. The Kier molecular flexibility index (Phi) is 6.97. The van der Waals surface area contributed by atoms with Crippen molar-refractivity contribution in [2.45, 2.75) is 83.0 Å². The Morgan fingerprint density at radius 1 is 0.600 bits per heavy atom. The van der Waals surface area contributed by atoms with Gasteiger partial charge in [-0.3, -0.25) is 0 Å². The van der Waals surface area contributed by atoms with Crippen LogP contribution in [-0.4, -0.2) is 5.11 Å².